The second kappa shape index (κ2) is 9.30. The standard InChI is InChI=1S/C22H18N2O9/c1-4-33-20(26)13-7-10-15-16(21(27)31-2)17(22(28)32-3)18(23(15)11-13)19(25)12-5-8-14(9-6-12)24(29)30/h5-11H,4H2,1-3H3. The van der Waals surface area contributed by atoms with Gasteiger partial charge in [-0.25, -0.2) is 14.4 Å². The number of aromatic nitrogens is 1. The van der Waals surface area contributed by atoms with Gasteiger partial charge in [0.15, 0.2) is 0 Å². The Bertz CT molecular complexity index is 1290. The number of ketones is 1. The van der Waals surface area contributed by atoms with Crippen molar-refractivity contribution >= 4 is 34.9 Å². The molecule has 2 heterocycles. The lowest BCUT2D eigenvalue weighted by Gasteiger charge is -2.07. The van der Waals surface area contributed by atoms with Crippen LogP contribution in [0.2, 0.25) is 0 Å². The maximum absolute atomic E-state index is 13.4. The number of nitro benzene ring substituents is 1. The third-order valence-corrected chi connectivity index (χ3v) is 4.78. The van der Waals surface area contributed by atoms with Crippen molar-refractivity contribution in [3.8, 4) is 0 Å². The van der Waals surface area contributed by atoms with Gasteiger partial charge < -0.3 is 18.6 Å². The molecule has 0 bridgehead atoms. The van der Waals surface area contributed by atoms with Gasteiger partial charge in [-0.15, -0.1) is 0 Å². The molecule has 0 saturated heterocycles. The zero-order valence-electron chi connectivity index (χ0n) is 17.8. The van der Waals surface area contributed by atoms with E-state index in [1.807, 2.05) is 0 Å². The van der Waals surface area contributed by atoms with E-state index >= 15 is 0 Å². The minimum atomic E-state index is -0.984. The molecule has 1 aromatic carbocycles. The summed E-state index contributed by atoms with van der Waals surface area (Å²) in [6.45, 7) is 1.73. The first kappa shape index (κ1) is 23.1. The number of pyridine rings is 1. The topological polar surface area (TPSA) is 144 Å². The van der Waals surface area contributed by atoms with Gasteiger partial charge in [-0.1, -0.05) is 0 Å². The summed E-state index contributed by atoms with van der Waals surface area (Å²) in [6, 6.07) is 7.44. The predicted octanol–water partition coefficient (Wildman–Crippen LogP) is 2.83. The van der Waals surface area contributed by atoms with Gasteiger partial charge >= 0.3 is 17.9 Å². The number of ether oxygens (including phenoxy) is 3. The lowest BCUT2D eigenvalue weighted by molar-refractivity contribution is -0.384. The number of benzene rings is 1. The van der Waals surface area contributed by atoms with Crippen LogP contribution in [-0.2, 0) is 14.2 Å². The molecule has 0 aliphatic heterocycles. The molecule has 0 radical (unpaired) electrons. The van der Waals surface area contributed by atoms with Crippen LogP contribution in [0, 0.1) is 10.1 Å². The number of hydrogen-bond acceptors (Lipinski definition) is 9. The molecule has 0 atom stereocenters. The fourth-order valence-corrected chi connectivity index (χ4v) is 3.30. The number of esters is 3. The van der Waals surface area contributed by atoms with Crippen LogP contribution in [0.5, 0.6) is 0 Å². The fourth-order valence-electron chi connectivity index (χ4n) is 3.30. The van der Waals surface area contributed by atoms with Crippen molar-refractivity contribution in [1.82, 2.24) is 4.40 Å². The van der Waals surface area contributed by atoms with E-state index in [0.717, 1.165) is 26.4 Å². The highest BCUT2D eigenvalue weighted by Crippen LogP contribution is 2.29. The molecule has 170 valence electrons. The van der Waals surface area contributed by atoms with E-state index in [2.05, 4.69) is 0 Å². The minimum absolute atomic E-state index is 0.00288. The summed E-state index contributed by atoms with van der Waals surface area (Å²) in [5.41, 5.74) is -0.941. The van der Waals surface area contributed by atoms with Crippen molar-refractivity contribution in [2.24, 2.45) is 0 Å². The predicted molar refractivity (Wildman–Crippen MR) is 113 cm³/mol. The van der Waals surface area contributed by atoms with E-state index in [0.29, 0.717) is 0 Å². The molecule has 0 saturated carbocycles. The van der Waals surface area contributed by atoms with Gasteiger partial charge in [-0.2, -0.15) is 0 Å². The molecule has 0 unspecified atom stereocenters. The molecule has 0 aliphatic carbocycles. The highest BCUT2D eigenvalue weighted by atomic mass is 16.6. The van der Waals surface area contributed by atoms with Crippen LogP contribution in [0.1, 0.15) is 54.0 Å². The Labute approximate surface area is 186 Å². The fraction of sp³-hybridized carbons (Fsp3) is 0.182. The monoisotopic (exact) mass is 454 g/mol. The largest absolute Gasteiger partial charge is 0.465 e. The number of nitro groups is 1. The smallest absolute Gasteiger partial charge is 0.341 e. The third kappa shape index (κ3) is 4.15. The van der Waals surface area contributed by atoms with Crippen molar-refractivity contribution < 1.29 is 38.3 Å². The molecule has 0 N–H and O–H groups in total. The molecule has 3 rings (SSSR count). The summed E-state index contributed by atoms with van der Waals surface area (Å²) in [5.74, 6) is -3.31. The first-order chi connectivity index (χ1) is 15.7. The number of hydrogen-bond donors (Lipinski definition) is 0. The first-order valence-electron chi connectivity index (χ1n) is 9.56. The molecular formula is C22H18N2O9. The van der Waals surface area contributed by atoms with Gasteiger partial charge in [0.1, 0.15) is 16.8 Å². The molecule has 11 nitrogen and oxygen atoms in total. The van der Waals surface area contributed by atoms with Crippen LogP contribution in [0.3, 0.4) is 0 Å². The lowest BCUT2D eigenvalue weighted by Crippen LogP contribution is -2.15. The second-order valence-corrected chi connectivity index (χ2v) is 6.61. The Balaban J connectivity index is 2.35. The van der Waals surface area contributed by atoms with Crippen LogP contribution in [0.4, 0.5) is 5.69 Å². The third-order valence-electron chi connectivity index (χ3n) is 4.78. The number of fused-ring (bicyclic) bond motifs is 1. The van der Waals surface area contributed by atoms with E-state index < -0.39 is 28.6 Å². The van der Waals surface area contributed by atoms with Crippen molar-refractivity contribution in [3.63, 3.8) is 0 Å². The summed E-state index contributed by atoms with van der Waals surface area (Å²) in [4.78, 5) is 61.2. The molecule has 2 aromatic heterocycles. The average molecular weight is 454 g/mol. The Morgan fingerprint density at radius 3 is 2.00 bits per heavy atom. The highest BCUT2D eigenvalue weighted by Gasteiger charge is 2.33. The molecular weight excluding hydrogens is 436 g/mol. The Kier molecular flexibility index (Phi) is 6.52. The van der Waals surface area contributed by atoms with Gasteiger partial charge in [-0.05, 0) is 31.2 Å². The molecule has 33 heavy (non-hydrogen) atoms. The first-order valence-corrected chi connectivity index (χ1v) is 9.56. The van der Waals surface area contributed by atoms with E-state index in [1.165, 1.54) is 34.9 Å². The van der Waals surface area contributed by atoms with Gasteiger partial charge in [0.25, 0.3) is 5.69 Å². The number of carbonyl (C=O) groups is 4. The quantitative estimate of drug-likeness (QED) is 0.173. The highest BCUT2D eigenvalue weighted by molar-refractivity contribution is 6.20. The van der Waals surface area contributed by atoms with Crippen LogP contribution >= 0.6 is 0 Å². The molecule has 3 aromatic rings. The summed E-state index contributed by atoms with van der Waals surface area (Å²) in [7, 11) is 2.19. The van der Waals surface area contributed by atoms with E-state index in [1.54, 1.807) is 6.92 Å². The molecule has 11 heteroatoms. The van der Waals surface area contributed by atoms with Crippen LogP contribution < -0.4 is 0 Å². The molecule has 0 aliphatic rings. The van der Waals surface area contributed by atoms with E-state index in [4.69, 9.17) is 14.2 Å². The normalized spacial score (nSPS) is 10.5. The van der Waals surface area contributed by atoms with Crippen molar-refractivity contribution in [1.29, 1.82) is 0 Å². The zero-order valence-corrected chi connectivity index (χ0v) is 17.8. The summed E-state index contributed by atoms with van der Waals surface area (Å²) >= 11 is 0. The van der Waals surface area contributed by atoms with Crippen molar-refractivity contribution in [2.75, 3.05) is 20.8 Å². The van der Waals surface area contributed by atoms with Crippen molar-refractivity contribution in [3.05, 3.63) is 80.7 Å². The van der Waals surface area contributed by atoms with Crippen LogP contribution in [0.15, 0.2) is 42.6 Å². The number of methoxy groups -OCH3 is 2. The Morgan fingerprint density at radius 1 is 0.879 bits per heavy atom. The summed E-state index contributed by atoms with van der Waals surface area (Å²) in [5, 5.41) is 10.9. The minimum Gasteiger partial charge on any atom is -0.465 e. The molecule has 0 spiro atoms. The Morgan fingerprint density at radius 2 is 1.45 bits per heavy atom. The number of non-ortho nitro benzene ring substituents is 1. The van der Waals surface area contributed by atoms with E-state index in [9.17, 15) is 29.3 Å². The second-order valence-electron chi connectivity index (χ2n) is 6.61. The van der Waals surface area contributed by atoms with Gasteiger partial charge in [0.2, 0.25) is 5.78 Å². The van der Waals surface area contributed by atoms with Crippen LogP contribution in [0.25, 0.3) is 5.52 Å². The number of rotatable bonds is 7. The van der Waals surface area contributed by atoms with Crippen LogP contribution in [-0.4, -0.2) is 53.8 Å². The zero-order chi connectivity index (χ0) is 24.3. The number of carbonyl (C=O) groups excluding carboxylic acids is 4. The van der Waals surface area contributed by atoms with Gasteiger partial charge in [0, 0.05) is 23.9 Å². The lowest BCUT2D eigenvalue weighted by atomic mass is 10.0. The van der Waals surface area contributed by atoms with Gasteiger partial charge in [-0.3, -0.25) is 14.9 Å². The Hall–Kier alpha value is -4.54. The summed E-state index contributed by atoms with van der Waals surface area (Å²) < 4.78 is 15.8. The SMILES string of the molecule is CCOC(=O)c1ccc2c(C(=O)OC)c(C(=O)OC)c(C(=O)c3ccc([N+](=O)[O-])cc3)n2c1. The molecule has 0 fully saturated rings. The average Bonchev–Trinajstić information content (AvgIpc) is 3.17. The molecule has 0 amide bonds. The van der Waals surface area contributed by atoms with Gasteiger partial charge in [0.05, 0.1) is 36.8 Å². The maximum atomic E-state index is 13.4. The number of nitrogens with zero attached hydrogens (tertiary/aromatic N) is 2. The van der Waals surface area contributed by atoms with E-state index in [-0.39, 0.29) is 45.8 Å². The maximum Gasteiger partial charge on any atom is 0.341 e. The summed E-state index contributed by atoms with van der Waals surface area (Å²) in [6.07, 6.45) is 1.25. The van der Waals surface area contributed by atoms with Crippen molar-refractivity contribution in [2.45, 2.75) is 6.92 Å².